The number of halogens is 2. The third-order valence-corrected chi connectivity index (χ3v) is 4.38. The van der Waals surface area contributed by atoms with Crippen LogP contribution in [0.5, 0.6) is 0 Å². The summed E-state index contributed by atoms with van der Waals surface area (Å²) in [5.74, 6) is -0.271. The van der Waals surface area contributed by atoms with Crippen molar-refractivity contribution in [2.75, 3.05) is 0 Å². The summed E-state index contributed by atoms with van der Waals surface area (Å²) in [4.78, 5) is 13.4. The van der Waals surface area contributed by atoms with Crippen LogP contribution in [0.3, 0.4) is 0 Å². The topological polar surface area (TPSA) is 38.7 Å². The van der Waals surface area contributed by atoms with E-state index >= 15 is 0 Å². The minimum Gasteiger partial charge on any atom is -0.244 e. The van der Waals surface area contributed by atoms with Gasteiger partial charge in [-0.2, -0.15) is 0 Å². The summed E-state index contributed by atoms with van der Waals surface area (Å²) in [6.45, 7) is 0. The third-order valence-electron chi connectivity index (χ3n) is 4.01. The Kier molecular flexibility index (Phi) is 4.12. The Morgan fingerprint density at radius 3 is 2.48 bits per heavy atom. The Morgan fingerprint density at radius 1 is 0.880 bits per heavy atom. The predicted molar refractivity (Wildman–Crippen MR) is 97.0 cm³/mol. The van der Waals surface area contributed by atoms with Crippen molar-refractivity contribution in [3.8, 4) is 11.3 Å². The second-order valence-corrected chi connectivity index (χ2v) is 6.07. The van der Waals surface area contributed by atoms with E-state index < -0.39 is 0 Å². The third kappa shape index (κ3) is 3.21. The first-order chi connectivity index (χ1) is 12.2. The van der Waals surface area contributed by atoms with Gasteiger partial charge in [-0.1, -0.05) is 29.8 Å². The van der Waals surface area contributed by atoms with Crippen molar-refractivity contribution in [3.63, 3.8) is 0 Å². The second-order valence-electron chi connectivity index (χ2n) is 5.66. The molecule has 0 atom stereocenters. The van der Waals surface area contributed by atoms with Crippen molar-refractivity contribution < 1.29 is 4.39 Å². The highest BCUT2D eigenvalue weighted by molar-refractivity contribution is 6.31. The molecule has 0 bridgehead atoms. The van der Waals surface area contributed by atoms with Gasteiger partial charge in [0.1, 0.15) is 17.7 Å². The molecule has 0 unspecified atom stereocenters. The lowest BCUT2D eigenvalue weighted by atomic mass is 10.1. The van der Waals surface area contributed by atoms with E-state index in [0.29, 0.717) is 11.4 Å². The van der Waals surface area contributed by atoms with E-state index in [1.807, 2.05) is 36.4 Å². The van der Waals surface area contributed by atoms with Crippen LogP contribution in [0.25, 0.3) is 22.3 Å². The molecular formula is C20H13ClFN3. The van der Waals surface area contributed by atoms with Gasteiger partial charge < -0.3 is 0 Å². The largest absolute Gasteiger partial charge is 0.244 e. The standard InChI is InChI=1S/C20H13ClFN3/c21-16-4-2-1-3-14(16)11-19-20-18(23-12-24-19)10-9-17(25-20)13-5-7-15(22)8-6-13/h1-10,12H,11H2. The first kappa shape index (κ1) is 15.7. The van der Waals surface area contributed by atoms with Gasteiger partial charge in [0.05, 0.1) is 16.9 Å². The van der Waals surface area contributed by atoms with E-state index in [1.54, 1.807) is 12.1 Å². The fraction of sp³-hybridized carbons (Fsp3) is 0.0500. The van der Waals surface area contributed by atoms with Gasteiger partial charge in [0.2, 0.25) is 0 Å². The first-order valence-electron chi connectivity index (χ1n) is 7.81. The van der Waals surface area contributed by atoms with Gasteiger partial charge in [0.25, 0.3) is 0 Å². The van der Waals surface area contributed by atoms with Gasteiger partial charge in [-0.15, -0.1) is 0 Å². The van der Waals surface area contributed by atoms with E-state index in [9.17, 15) is 4.39 Å². The number of fused-ring (bicyclic) bond motifs is 1. The molecule has 0 saturated carbocycles. The van der Waals surface area contributed by atoms with Crippen LogP contribution in [0.4, 0.5) is 4.39 Å². The zero-order chi connectivity index (χ0) is 17.2. The average molecular weight is 350 g/mol. The van der Waals surface area contributed by atoms with Crippen LogP contribution in [0, 0.1) is 5.82 Å². The molecule has 3 nitrogen and oxygen atoms in total. The van der Waals surface area contributed by atoms with Crippen LogP contribution >= 0.6 is 11.6 Å². The number of rotatable bonds is 3. The molecule has 0 N–H and O–H groups in total. The number of nitrogens with zero attached hydrogens (tertiary/aromatic N) is 3. The van der Waals surface area contributed by atoms with Gasteiger partial charge in [0, 0.05) is 17.0 Å². The number of hydrogen-bond acceptors (Lipinski definition) is 3. The summed E-state index contributed by atoms with van der Waals surface area (Å²) < 4.78 is 13.1. The highest BCUT2D eigenvalue weighted by Gasteiger charge is 2.10. The second kappa shape index (κ2) is 6.57. The Balaban J connectivity index is 1.81. The van der Waals surface area contributed by atoms with Gasteiger partial charge >= 0.3 is 0 Å². The van der Waals surface area contributed by atoms with E-state index in [-0.39, 0.29) is 5.82 Å². The molecule has 4 rings (SSSR count). The molecule has 0 amide bonds. The zero-order valence-electron chi connectivity index (χ0n) is 13.2. The average Bonchev–Trinajstić information content (AvgIpc) is 2.64. The normalized spacial score (nSPS) is 11.0. The molecule has 122 valence electrons. The van der Waals surface area contributed by atoms with E-state index in [2.05, 4.69) is 9.97 Å². The number of benzene rings is 2. The van der Waals surface area contributed by atoms with Gasteiger partial charge in [-0.25, -0.2) is 19.3 Å². The Morgan fingerprint density at radius 2 is 1.68 bits per heavy atom. The van der Waals surface area contributed by atoms with Crippen molar-refractivity contribution in [3.05, 3.63) is 89.1 Å². The molecular weight excluding hydrogens is 337 g/mol. The highest BCUT2D eigenvalue weighted by atomic mass is 35.5. The van der Waals surface area contributed by atoms with Crippen molar-refractivity contribution in [2.45, 2.75) is 6.42 Å². The van der Waals surface area contributed by atoms with Crippen LogP contribution < -0.4 is 0 Å². The molecule has 5 heteroatoms. The van der Waals surface area contributed by atoms with Gasteiger partial charge in [0.15, 0.2) is 0 Å². The van der Waals surface area contributed by atoms with E-state index in [0.717, 1.165) is 33.5 Å². The summed E-state index contributed by atoms with van der Waals surface area (Å²) >= 11 is 6.27. The van der Waals surface area contributed by atoms with Crippen LogP contribution in [-0.4, -0.2) is 15.0 Å². The van der Waals surface area contributed by atoms with Crippen LogP contribution in [0.15, 0.2) is 67.0 Å². The lowest BCUT2D eigenvalue weighted by Gasteiger charge is -2.08. The quantitative estimate of drug-likeness (QED) is 0.518. The molecule has 0 aliphatic heterocycles. The number of hydrogen-bond donors (Lipinski definition) is 0. The number of pyridine rings is 1. The first-order valence-corrected chi connectivity index (χ1v) is 8.18. The van der Waals surface area contributed by atoms with Gasteiger partial charge in [-0.05, 0) is 48.0 Å². The maximum atomic E-state index is 13.1. The molecule has 2 aromatic carbocycles. The molecule has 0 radical (unpaired) electrons. The maximum Gasteiger partial charge on any atom is 0.123 e. The fourth-order valence-corrected chi connectivity index (χ4v) is 2.93. The molecule has 0 saturated heterocycles. The molecule has 0 aliphatic carbocycles. The smallest absolute Gasteiger partial charge is 0.123 e. The lowest BCUT2D eigenvalue weighted by Crippen LogP contribution is -1.99. The zero-order valence-corrected chi connectivity index (χ0v) is 13.9. The van der Waals surface area contributed by atoms with E-state index in [4.69, 9.17) is 16.6 Å². The molecule has 0 aliphatic rings. The molecule has 0 fully saturated rings. The van der Waals surface area contributed by atoms with E-state index in [1.165, 1.54) is 18.5 Å². The molecule has 25 heavy (non-hydrogen) atoms. The Hall–Kier alpha value is -2.85. The minimum absolute atomic E-state index is 0.271. The fourth-order valence-electron chi connectivity index (χ4n) is 2.72. The van der Waals surface area contributed by atoms with Crippen LogP contribution in [0.1, 0.15) is 11.3 Å². The summed E-state index contributed by atoms with van der Waals surface area (Å²) in [6.07, 6.45) is 2.10. The maximum absolute atomic E-state index is 13.1. The SMILES string of the molecule is Fc1ccc(-c2ccc3ncnc(Cc4ccccc4Cl)c3n2)cc1. The minimum atomic E-state index is -0.271. The molecule has 2 aromatic heterocycles. The summed E-state index contributed by atoms with van der Waals surface area (Å²) in [5.41, 5.74) is 4.88. The lowest BCUT2D eigenvalue weighted by molar-refractivity contribution is 0.628. The predicted octanol–water partition coefficient (Wildman–Crippen LogP) is 5.08. The molecule has 4 aromatic rings. The number of aromatic nitrogens is 3. The van der Waals surface area contributed by atoms with Crippen molar-refractivity contribution in [1.29, 1.82) is 0 Å². The summed E-state index contributed by atoms with van der Waals surface area (Å²) in [6, 6.07) is 17.7. The van der Waals surface area contributed by atoms with Crippen LogP contribution in [-0.2, 0) is 6.42 Å². The summed E-state index contributed by atoms with van der Waals surface area (Å²) in [7, 11) is 0. The van der Waals surface area contributed by atoms with Crippen LogP contribution in [0.2, 0.25) is 5.02 Å². The monoisotopic (exact) mass is 349 g/mol. The molecule has 0 spiro atoms. The highest BCUT2D eigenvalue weighted by Crippen LogP contribution is 2.24. The molecule has 2 heterocycles. The van der Waals surface area contributed by atoms with Gasteiger partial charge in [-0.3, -0.25) is 0 Å². The Labute approximate surface area is 149 Å². The summed E-state index contributed by atoms with van der Waals surface area (Å²) in [5, 5.41) is 0.698. The van der Waals surface area contributed by atoms with Crippen molar-refractivity contribution in [1.82, 2.24) is 15.0 Å². The van der Waals surface area contributed by atoms with Crippen molar-refractivity contribution >= 4 is 22.6 Å². The van der Waals surface area contributed by atoms with Crippen molar-refractivity contribution in [2.24, 2.45) is 0 Å². The Bertz CT molecular complexity index is 1050.